The van der Waals surface area contributed by atoms with Crippen molar-refractivity contribution in [2.24, 2.45) is 0 Å². The van der Waals surface area contributed by atoms with E-state index in [4.69, 9.17) is 4.74 Å². The lowest BCUT2D eigenvalue weighted by atomic mass is 9.98. The number of benzene rings is 2. The number of carbonyl (C=O) groups excluding carboxylic acids is 1. The van der Waals surface area contributed by atoms with Crippen LogP contribution in [0.15, 0.2) is 48.5 Å². The summed E-state index contributed by atoms with van der Waals surface area (Å²) in [6, 6.07) is 15.6. The number of hydrogen-bond donors (Lipinski definition) is 1. The molecule has 0 bridgehead atoms. The molecule has 0 aromatic heterocycles. The van der Waals surface area contributed by atoms with Crippen LogP contribution >= 0.6 is 0 Å². The van der Waals surface area contributed by atoms with Crippen molar-refractivity contribution >= 4 is 11.6 Å². The highest BCUT2D eigenvalue weighted by molar-refractivity contribution is 5.92. The maximum absolute atomic E-state index is 12.1. The molecule has 0 saturated heterocycles. The van der Waals surface area contributed by atoms with E-state index in [0.29, 0.717) is 12.3 Å². The topological polar surface area (TPSA) is 38.3 Å². The van der Waals surface area contributed by atoms with Crippen LogP contribution in [0.4, 0.5) is 5.69 Å². The van der Waals surface area contributed by atoms with Crippen LogP contribution in [0.25, 0.3) is 0 Å². The molecule has 3 nitrogen and oxygen atoms in total. The largest absolute Gasteiger partial charge is 0.497 e. The number of anilines is 1. The fourth-order valence-electron chi connectivity index (χ4n) is 2.26. The molecule has 0 aliphatic rings. The van der Waals surface area contributed by atoms with E-state index in [0.717, 1.165) is 23.4 Å². The Morgan fingerprint density at radius 2 is 1.73 bits per heavy atom. The van der Waals surface area contributed by atoms with E-state index < -0.39 is 0 Å². The average Bonchev–Trinajstić information content (AvgIpc) is 2.55. The van der Waals surface area contributed by atoms with Crippen LogP contribution in [0.2, 0.25) is 0 Å². The number of amides is 1. The van der Waals surface area contributed by atoms with Crippen LogP contribution < -0.4 is 10.1 Å². The third-order valence-electron chi connectivity index (χ3n) is 3.90. The number of ether oxygens (including phenoxy) is 1. The molecule has 2 aromatic carbocycles. The second kappa shape index (κ2) is 7.64. The van der Waals surface area contributed by atoms with Crippen LogP contribution in [0, 0.1) is 0 Å². The Bertz CT molecular complexity index is 602. The molecule has 0 spiro atoms. The summed E-state index contributed by atoms with van der Waals surface area (Å²) < 4.78 is 5.11. The van der Waals surface area contributed by atoms with Gasteiger partial charge in [-0.2, -0.15) is 0 Å². The van der Waals surface area contributed by atoms with E-state index >= 15 is 0 Å². The van der Waals surface area contributed by atoms with Crippen LogP contribution in [-0.2, 0) is 11.2 Å². The monoisotopic (exact) mass is 297 g/mol. The molecule has 1 amide bonds. The standard InChI is InChI=1S/C19H23NO2/c1-4-14(2)16-7-9-17(10-8-16)20-19(21)13-15-5-11-18(22-3)12-6-15/h5-12,14H,4,13H2,1-3H3,(H,20,21)/t14-/m0/s1. The molecule has 0 saturated carbocycles. The SMILES string of the molecule is CC[C@H](C)c1ccc(NC(=O)Cc2ccc(OC)cc2)cc1. The predicted molar refractivity (Wildman–Crippen MR) is 90.5 cm³/mol. The summed E-state index contributed by atoms with van der Waals surface area (Å²) in [5, 5.41) is 2.93. The Kier molecular flexibility index (Phi) is 5.59. The molecular formula is C19H23NO2. The molecule has 0 heterocycles. The van der Waals surface area contributed by atoms with Crippen molar-refractivity contribution in [3.63, 3.8) is 0 Å². The van der Waals surface area contributed by atoms with Gasteiger partial charge in [0, 0.05) is 5.69 Å². The van der Waals surface area contributed by atoms with Crippen molar-refractivity contribution < 1.29 is 9.53 Å². The maximum Gasteiger partial charge on any atom is 0.228 e. The molecular weight excluding hydrogens is 274 g/mol. The molecule has 2 rings (SSSR count). The van der Waals surface area contributed by atoms with Gasteiger partial charge >= 0.3 is 0 Å². The molecule has 116 valence electrons. The third kappa shape index (κ3) is 4.35. The summed E-state index contributed by atoms with van der Waals surface area (Å²) in [4.78, 5) is 12.1. The molecule has 0 radical (unpaired) electrons. The highest BCUT2D eigenvalue weighted by Gasteiger charge is 2.06. The van der Waals surface area contributed by atoms with Crippen molar-refractivity contribution in [2.75, 3.05) is 12.4 Å². The minimum atomic E-state index is -0.0125. The molecule has 1 N–H and O–H groups in total. The minimum absolute atomic E-state index is 0.0125. The van der Waals surface area contributed by atoms with E-state index in [1.807, 2.05) is 36.4 Å². The van der Waals surface area contributed by atoms with Gasteiger partial charge in [-0.05, 0) is 47.7 Å². The van der Waals surface area contributed by atoms with Gasteiger partial charge in [-0.15, -0.1) is 0 Å². The van der Waals surface area contributed by atoms with Gasteiger partial charge in [0.25, 0.3) is 0 Å². The van der Waals surface area contributed by atoms with Crippen molar-refractivity contribution in [2.45, 2.75) is 32.6 Å². The molecule has 22 heavy (non-hydrogen) atoms. The number of methoxy groups -OCH3 is 1. The Morgan fingerprint density at radius 3 is 2.27 bits per heavy atom. The Morgan fingerprint density at radius 1 is 1.09 bits per heavy atom. The van der Waals surface area contributed by atoms with Crippen LogP contribution in [0.3, 0.4) is 0 Å². The van der Waals surface area contributed by atoms with Gasteiger partial charge in [-0.3, -0.25) is 4.79 Å². The first-order valence-corrected chi connectivity index (χ1v) is 7.65. The molecule has 0 fully saturated rings. The molecule has 1 atom stereocenters. The van der Waals surface area contributed by atoms with Gasteiger partial charge in [-0.1, -0.05) is 38.1 Å². The van der Waals surface area contributed by atoms with E-state index in [1.54, 1.807) is 7.11 Å². The summed E-state index contributed by atoms with van der Waals surface area (Å²) >= 11 is 0. The van der Waals surface area contributed by atoms with E-state index in [9.17, 15) is 4.79 Å². The second-order valence-corrected chi connectivity index (χ2v) is 5.50. The Hall–Kier alpha value is -2.29. The fraction of sp³-hybridized carbons (Fsp3) is 0.316. The zero-order chi connectivity index (χ0) is 15.9. The molecule has 2 aromatic rings. The summed E-state index contributed by atoms with van der Waals surface area (Å²) in [6.07, 6.45) is 1.47. The first-order chi connectivity index (χ1) is 10.6. The van der Waals surface area contributed by atoms with E-state index in [1.165, 1.54) is 5.56 Å². The second-order valence-electron chi connectivity index (χ2n) is 5.50. The van der Waals surface area contributed by atoms with E-state index in [-0.39, 0.29) is 5.91 Å². The minimum Gasteiger partial charge on any atom is -0.497 e. The zero-order valence-electron chi connectivity index (χ0n) is 13.4. The molecule has 3 heteroatoms. The maximum atomic E-state index is 12.1. The molecule has 0 aliphatic carbocycles. The van der Waals surface area contributed by atoms with Gasteiger partial charge in [0.15, 0.2) is 0 Å². The van der Waals surface area contributed by atoms with Gasteiger partial charge in [-0.25, -0.2) is 0 Å². The van der Waals surface area contributed by atoms with Gasteiger partial charge in [0.05, 0.1) is 13.5 Å². The van der Waals surface area contributed by atoms with Crippen molar-refractivity contribution in [1.29, 1.82) is 0 Å². The van der Waals surface area contributed by atoms with Crippen LogP contribution in [-0.4, -0.2) is 13.0 Å². The number of carbonyl (C=O) groups is 1. The fourth-order valence-corrected chi connectivity index (χ4v) is 2.26. The Balaban J connectivity index is 1.93. The lowest BCUT2D eigenvalue weighted by Gasteiger charge is -2.10. The summed E-state index contributed by atoms with van der Waals surface area (Å²) in [6.45, 7) is 4.38. The summed E-state index contributed by atoms with van der Waals surface area (Å²) in [5.41, 5.74) is 3.11. The van der Waals surface area contributed by atoms with Gasteiger partial charge in [0.1, 0.15) is 5.75 Å². The predicted octanol–water partition coefficient (Wildman–Crippen LogP) is 4.39. The van der Waals surface area contributed by atoms with Gasteiger partial charge < -0.3 is 10.1 Å². The third-order valence-corrected chi connectivity index (χ3v) is 3.90. The van der Waals surface area contributed by atoms with E-state index in [2.05, 4.69) is 31.3 Å². The highest BCUT2D eigenvalue weighted by atomic mass is 16.5. The number of hydrogen-bond acceptors (Lipinski definition) is 2. The lowest BCUT2D eigenvalue weighted by Crippen LogP contribution is -2.14. The average molecular weight is 297 g/mol. The quantitative estimate of drug-likeness (QED) is 0.858. The molecule has 0 aliphatic heterocycles. The van der Waals surface area contributed by atoms with Crippen molar-refractivity contribution in [3.05, 3.63) is 59.7 Å². The highest BCUT2D eigenvalue weighted by Crippen LogP contribution is 2.20. The molecule has 0 unspecified atom stereocenters. The van der Waals surface area contributed by atoms with Gasteiger partial charge in [0.2, 0.25) is 5.91 Å². The number of nitrogens with one attached hydrogen (secondary N) is 1. The Labute approximate surface area is 132 Å². The summed E-state index contributed by atoms with van der Waals surface area (Å²) in [7, 11) is 1.63. The normalized spacial score (nSPS) is 11.8. The van der Waals surface area contributed by atoms with Crippen LogP contribution in [0.1, 0.15) is 37.3 Å². The summed E-state index contributed by atoms with van der Waals surface area (Å²) in [5.74, 6) is 1.33. The van der Waals surface area contributed by atoms with Crippen molar-refractivity contribution in [3.8, 4) is 5.75 Å². The first-order valence-electron chi connectivity index (χ1n) is 7.65. The van der Waals surface area contributed by atoms with Crippen molar-refractivity contribution in [1.82, 2.24) is 0 Å². The zero-order valence-corrected chi connectivity index (χ0v) is 13.4. The smallest absolute Gasteiger partial charge is 0.228 e. The van der Waals surface area contributed by atoms with Crippen LogP contribution in [0.5, 0.6) is 5.75 Å². The lowest BCUT2D eigenvalue weighted by molar-refractivity contribution is -0.115. The first kappa shape index (κ1) is 16.1. The number of rotatable bonds is 6.